The van der Waals surface area contributed by atoms with Gasteiger partial charge in [-0.25, -0.2) is 4.39 Å². The van der Waals surface area contributed by atoms with Gasteiger partial charge in [0.25, 0.3) is 5.91 Å². The van der Waals surface area contributed by atoms with Crippen molar-refractivity contribution in [2.24, 2.45) is 0 Å². The molecule has 0 radical (unpaired) electrons. The number of fused-ring (bicyclic) bond motifs is 1. The maximum Gasteiger partial charge on any atom is 0.262 e. The van der Waals surface area contributed by atoms with Crippen molar-refractivity contribution in [3.8, 4) is 5.75 Å². The van der Waals surface area contributed by atoms with Crippen LogP contribution in [0.4, 0.5) is 10.1 Å². The van der Waals surface area contributed by atoms with Crippen molar-refractivity contribution in [2.45, 2.75) is 13.0 Å². The van der Waals surface area contributed by atoms with Crippen LogP contribution in [0, 0.1) is 12.7 Å². The Morgan fingerprint density at radius 1 is 1.29 bits per heavy atom. The largest absolute Gasteiger partial charge is 0.482 e. The molecule has 0 spiro atoms. The van der Waals surface area contributed by atoms with Gasteiger partial charge in [0.2, 0.25) is 0 Å². The van der Waals surface area contributed by atoms with Gasteiger partial charge in [-0.1, -0.05) is 12.1 Å². The Balaban J connectivity index is 1.96. The van der Waals surface area contributed by atoms with Crippen molar-refractivity contribution in [3.05, 3.63) is 58.9 Å². The summed E-state index contributed by atoms with van der Waals surface area (Å²) in [5.41, 5.74) is 2.43. The summed E-state index contributed by atoms with van der Waals surface area (Å²) in [7, 11) is 0. The molecule has 0 aromatic heterocycles. The van der Waals surface area contributed by atoms with E-state index in [0.717, 1.165) is 0 Å². The third-order valence-corrected chi connectivity index (χ3v) is 3.48. The Bertz CT molecular complexity index is 715. The topological polar surface area (TPSA) is 58.6 Å². The molecule has 2 aromatic carbocycles. The lowest BCUT2D eigenvalue weighted by Gasteiger charge is -2.20. The van der Waals surface area contributed by atoms with E-state index in [1.165, 1.54) is 12.1 Å². The highest BCUT2D eigenvalue weighted by atomic mass is 19.1. The molecule has 4 nitrogen and oxygen atoms in total. The molecule has 0 aliphatic carbocycles. The summed E-state index contributed by atoms with van der Waals surface area (Å²) < 4.78 is 18.4. The lowest BCUT2D eigenvalue weighted by molar-refractivity contribution is -0.118. The predicted octanol–water partition coefficient (Wildman–Crippen LogP) is 2.55. The fraction of sp³-hybridized carbons (Fsp3) is 0.188. The number of amides is 1. The van der Waals surface area contributed by atoms with Crippen LogP contribution in [0.5, 0.6) is 5.75 Å². The van der Waals surface area contributed by atoms with E-state index in [-0.39, 0.29) is 18.3 Å². The van der Waals surface area contributed by atoms with Gasteiger partial charge in [0.15, 0.2) is 6.61 Å². The van der Waals surface area contributed by atoms with E-state index in [1.54, 1.807) is 31.2 Å². The second kappa shape index (κ2) is 5.18. The number of ether oxygens (including phenoxy) is 1. The zero-order valence-electron chi connectivity index (χ0n) is 11.4. The predicted molar refractivity (Wildman–Crippen MR) is 75.8 cm³/mol. The molecule has 1 amide bonds. The molecule has 2 N–H and O–H groups in total. The quantitative estimate of drug-likeness (QED) is 0.892. The van der Waals surface area contributed by atoms with E-state index in [1.807, 2.05) is 0 Å². The number of rotatable bonds is 2. The highest BCUT2D eigenvalue weighted by molar-refractivity contribution is 5.95. The summed E-state index contributed by atoms with van der Waals surface area (Å²) in [5, 5.41) is 13.2. The normalized spacial score (nSPS) is 14.9. The molecule has 0 fully saturated rings. The molecule has 2 aromatic rings. The number of anilines is 1. The molecular formula is C16H14FNO3. The summed E-state index contributed by atoms with van der Waals surface area (Å²) in [5.74, 6) is 0.00281. The Morgan fingerprint density at radius 3 is 2.86 bits per heavy atom. The lowest BCUT2D eigenvalue weighted by Crippen LogP contribution is -2.25. The van der Waals surface area contributed by atoms with Crippen LogP contribution in [0.2, 0.25) is 0 Å². The lowest BCUT2D eigenvalue weighted by atomic mass is 9.97. The molecule has 1 heterocycles. The fourth-order valence-electron chi connectivity index (χ4n) is 2.40. The first-order valence-corrected chi connectivity index (χ1v) is 6.55. The number of carbonyl (C=O) groups excluding carboxylic acids is 1. The van der Waals surface area contributed by atoms with E-state index in [2.05, 4.69) is 5.32 Å². The van der Waals surface area contributed by atoms with Crippen molar-refractivity contribution < 1.29 is 19.0 Å². The van der Waals surface area contributed by atoms with E-state index in [9.17, 15) is 14.3 Å². The first kappa shape index (κ1) is 13.6. The van der Waals surface area contributed by atoms with Gasteiger partial charge in [-0.2, -0.15) is 0 Å². The number of halogens is 1. The maximum absolute atomic E-state index is 13.1. The minimum absolute atomic E-state index is 0.00797. The van der Waals surface area contributed by atoms with Crippen LogP contribution >= 0.6 is 0 Å². The molecule has 1 unspecified atom stereocenters. The fourth-order valence-corrected chi connectivity index (χ4v) is 2.40. The van der Waals surface area contributed by atoms with Gasteiger partial charge in [-0.15, -0.1) is 0 Å². The van der Waals surface area contributed by atoms with Gasteiger partial charge >= 0.3 is 0 Å². The average molecular weight is 287 g/mol. The Kier molecular flexibility index (Phi) is 3.35. The number of nitrogens with one attached hydrogen (secondary N) is 1. The highest BCUT2D eigenvalue weighted by Crippen LogP contribution is 2.33. The van der Waals surface area contributed by atoms with Crippen LogP contribution in [0.25, 0.3) is 0 Å². The minimum atomic E-state index is -0.894. The molecule has 3 rings (SSSR count). The van der Waals surface area contributed by atoms with Gasteiger partial charge in [0, 0.05) is 0 Å². The first-order chi connectivity index (χ1) is 10.0. The standard InChI is InChI=1S/C16H14FNO3/c1-9-6-11(17)3-4-12(9)16(20)10-2-5-14-13(7-10)18-15(19)8-21-14/h2-7,16,20H,8H2,1H3,(H,18,19). The van der Waals surface area contributed by atoms with E-state index in [4.69, 9.17) is 4.74 Å². The van der Waals surface area contributed by atoms with E-state index < -0.39 is 6.10 Å². The number of carbonyl (C=O) groups is 1. The first-order valence-electron chi connectivity index (χ1n) is 6.55. The number of hydrogen-bond donors (Lipinski definition) is 2. The van der Waals surface area contributed by atoms with E-state index >= 15 is 0 Å². The van der Waals surface area contributed by atoms with Crippen molar-refractivity contribution in [1.82, 2.24) is 0 Å². The molecule has 1 atom stereocenters. The molecular weight excluding hydrogens is 273 g/mol. The molecule has 1 aliphatic heterocycles. The van der Waals surface area contributed by atoms with Crippen LogP contribution in [0.1, 0.15) is 22.8 Å². The monoisotopic (exact) mass is 287 g/mol. The second-order valence-electron chi connectivity index (χ2n) is 5.00. The molecule has 0 saturated carbocycles. The van der Waals surface area contributed by atoms with Crippen LogP contribution in [0.15, 0.2) is 36.4 Å². The second-order valence-corrected chi connectivity index (χ2v) is 5.00. The SMILES string of the molecule is Cc1cc(F)ccc1C(O)c1ccc2c(c1)NC(=O)CO2. The number of aliphatic hydroxyl groups is 1. The molecule has 5 heteroatoms. The number of aliphatic hydroxyl groups excluding tert-OH is 1. The Labute approximate surface area is 121 Å². The van der Waals surface area contributed by atoms with Crippen LogP contribution in [0.3, 0.4) is 0 Å². The molecule has 0 saturated heterocycles. The van der Waals surface area contributed by atoms with Crippen LogP contribution in [-0.2, 0) is 4.79 Å². The third kappa shape index (κ3) is 2.60. The van der Waals surface area contributed by atoms with E-state index in [0.29, 0.717) is 28.1 Å². The molecule has 1 aliphatic rings. The van der Waals surface area contributed by atoms with Crippen molar-refractivity contribution >= 4 is 11.6 Å². The zero-order valence-corrected chi connectivity index (χ0v) is 11.4. The number of aryl methyl sites for hydroxylation is 1. The average Bonchev–Trinajstić information content (AvgIpc) is 2.46. The summed E-state index contributed by atoms with van der Waals surface area (Å²) in [6, 6.07) is 9.34. The Morgan fingerprint density at radius 2 is 2.10 bits per heavy atom. The summed E-state index contributed by atoms with van der Waals surface area (Å²) >= 11 is 0. The smallest absolute Gasteiger partial charge is 0.262 e. The van der Waals surface area contributed by atoms with Gasteiger partial charge in [0.1, 0.15) is 17.7 Å². The Hall–Kier alpha value is -2.40. The van der Waals surface area contributed by atoms with Crippen molar-refractivity contribution in [1.29, 1.82) is 0 Å². The van der Waals surface area contributed by atoms with Gasteiger partial charge in [-0.3, -0.25) is 4.79 Å². The van der Waals surface area contributed by atoms with Crippen molar-refractivity contribution in [3.63, 3.8) is 0 Å². The van der Waals surface area contributed by atoms with Gasteiger partial charge in [0.05, 0.1) is 5.69 Å². The molecule has 21 heavy (non-hydrogen) atoms. The van der Waals surface area contributed by atoms with Crippen LogP contribution in [-0.4, -0.2) is 17.6 Å². The summed E-state index contributed by atoms with van der Waals surface area (Å²) in [4.78, 5) is 11.3. The highest BCUT2D eigenvalue weighted by Gasteiger charge is 2.19. The number of hydrogen-bond acceptors (Lipinski definition) is 3. The van der Waals surface area contributed by atoms with Crippen molar-refractivity contribution in [2.75, 3.05) is 11.9 Å². The minimum Gasteiger partial charge on any atom is -0.482 e. The maximum atomic E-state index is 13.1. The van der Waals surface area contributed by atoms with Gasteiger partial charge < -0.3 is 15.2 Å². The summed E-state index contributed by atoms with van der Waals surface area (Å²) in [6.07, 6.45) is -0.894. The third-order valence-electron chi connectivity index (χ3n) is 3.48. The molecule has 0 bridgehead atoms. The van der Waals surface area contributed by atoms with Crippen LogP contribution < -0.4 is 10.1 Å². The summed E-state index contributed by atoms with van der Waals surface area (Å²) in [6.45, 7) is 1.73. The molecule has 108 valence electrons. The zero-order chi connectivity index (χ0) is 15.0. The van der Waals surface area contributed by atoms with Gasteiger partial charge in [-0.05, 0) is 47.9 Å². The number of benzene rings is 2.